The lowest BCUT2D eigenvalue weighted by Gasteiger charge is -2.16. The molecular weight excluding hydrogens is 388 g/mol. The van der Waals surface area contributed by atoms with E-state index in [-0.39, 0.29) is 0 Å². The molecule has 1 aromatic rings. The number of benzene rings is 1. The molecule has 0 unspecified atom stereocenters. The molecule has 4 N–H and O–H groups in total. The molecular formula is C20H40N2O4Si2. The standard InChI is InChI=1S/C13H22NO2Si.C7H18NO2Si/c1-3-15-17(16-4-2)13-10-6-5-8-12(13)9-7-11-14;1-3-9-11(10-4-2)7-5-6-8/h5-6,8,10H,3-4,7,9,11,14H2,1-2H3;3-8H2,1-2H3. The largest absolute Gasteiger partial charge is 0.423 e. The SMILES string of the molecule is CCO[Si](CCCN)OCC.CCO[Si](OCC)c1ccccc1CCCN. The van der Waals surface area contributed by atoms with Gasteiger partial charge >= 0.3 is 18.6 Å². The molecule has 0 aliphatic carbocycles. The van der Waals surface area contributed by atoms with E-state index in [0.29, 0.717) is 13.2 Å². The van der Waals surface area contributed by atoms with Gasteiger partial charge in [-0.15, -0.1) is 0 Å². The van der Waals surface area contributed by atoms with Gasteiger partial charge in [0.1, 0.15) is 0 Å². The highest BCUT2D eigenvalue weighted by Gasteiger charge is 2.20. The Labute approximate surface area is 175 Å². The number of nitrogens with two attached hydrogens (primary N) is 2. The van der Waals surface area contributed by atoms with Crippen molar-refractivity contribution in [3.63, 3.8) is 0 Å². The highest BCUT2D eigenvalue weighted by molar-refractivity contribution is 6.61. The normalized spacial score (nSPS) is 11.0. The molecule has 0 saturated heterocycles. The summed E-state index contributed by atoms with van der Waals surface area (Å²) >= 11 is 0. The fourth-order valence-corrected chi connectivity index (χ4v) is 5.57. The third-order valence-corrected chi connectivity index (χ3v) is 7.65. The van der Waals surface area contributed by atoms with Crippen molar-refractivity contribution in [3.05, 3.63) is 29.8 Å². The van der Waals surface area contributed by atoms with E-state index < -0.39 is 18.6 Å². The van der Waals surface area contributed by atoms with E-state index in [1.807, 2.05) is 33.8 Å². The maximum absolute atomic E-state index is 5.74. The first-order valence-corrected chi connectivity index (χ1v) is 13.2. The molecule has 0 amide bonds. The van der Waals surface area contributed by atoms with E-state index in [0.717, 1.165) is 51.6 Å². The van der Waals surface area contributed by atoms with Crippen LogP contribution in [0.5, 0.6) is 0 Å². The molecule has 162 valence electrons. The molecule has 28 heavy (non-hydrogen) atoms. The molecule has 1 rings (SSSR count). The van der Waals surface area contributed by atoms with Crippen molar-refractivity contribution in [1.29, 1.82) is 0 Å². The minimum atomic E-state index is -1.32. The Bertz CT molecular complexity index is 458. The molecule has 6 nitrogen and oxygen atoms in total. The summed E-state index contributed by atoms with van der Waals surface area (Å²) in [6, 6.07) is 9.37. The van der Waals surface area contributed by atoms with Crippen LogP contribution >= 0.6 is 0 Å². The lowest BCUT2D eigenvalue weighted by atomic mass is 10.1. The van der Waals surface area contributed by atoms with Gasteiger partial charge in [0.2, 0.25) is 0 Å². The third-order valence-electron chi connectivity index (χ3n) is 3.63. The Morgan fingerprint density at radius 3 is 1.79 bits per heavy atom. The molecule has 0 atom stereocenters. The summed E-state index contributed by atoms with van der Waals surface area (Å²) in [4.78, 5) is 0. The summed E-state index contributed by atoms with van der Waals surface area (Å²) in [5.74, 6) is 0. The Morgan fingerprint density at radius 2 is 1.29 bits per heavy atom. The van der Waals surface area contributed by atoms with Crippen molar-refractivity contribution < 1.29 is 17.7 Å². The van der Waals surface area contributed by atoms with Crippen LogP contribution in [-0.2, 0) is 24.1 Å². The van der Waals surface area contributed by atoms with Crippen molar-refractivity contribution >= 4 is 23.8 Å². The quantitative estimate of drug-likeness (QED) is 0.417. The van der Waals surface area contributed by atoms with Crippen molar-refractivity contribution in [3.8, 4) is 0 Å². The van der Waals surface area contributed by atoms with Crippen LogP contribution in [-0.4, -0.2) is 58.1 Å². The Hall–Kier alpha value is -0.586. The van der Waals surface area contributed by atoms with Gasteiger partial charge in [0, 0.05) is 26.4 Å². The van der Waals surface area contributed by atoms with Gasteiger partial charge in [-0.2, -0.15) is 0 Å². The van der Waals surface area contributed by atoms with Crippen LogP contribution in [0.2, 0.25) is 6.04 Å². The summed E-state index contributed by atoms with van der Waals surface area (Å²) in [5.41, 5.74) is 12.3. The molecule has 2 radical (unpaired) electrons. The second-order valence-corrected chi connectivity index (χ2v) is 9.35. The fourth-order valence-electron chi connectivity index (χ4n) is 2.44. The zero-order valence-electron chi connectivity index (χ0n) is 18.2. The topological polar surface area (TPSA) is 89.0 Å². The maximum atomic E-state index is 5.74. The van der Waals surface area contributed by atoms with Gasteiger partial charge in [0.15, 0.2) is 0 Å². The molecule has 8 heteroatoms. The Kier molecular flexibility index (Phi) is 19.3. The summed E-state index contributed by atoms with van der Waals surface area (Å²) < 4.78 is 22.3. The molecule has 0 aromatic heterocycles. The number of aryl methyl sites for hydroxylation is 1. The molecule has 0 bridgehead atoms. The van der Waals surface area contributed by atoms with Gasteiger partial charge in [0.25, 0.3) is 0 Å². The highest BCUT2D eigenvalue weighted by atomic mass is 28.3. The van der Waals surface area contributed by atoms with E-state index >= 15 is 0 Å². The molecule has 0 aliphatic rings. The lowest BCUT2D eigenvalue weighted by Crippen LogP contribution is -2.39. The maximum Gasteiger partial charge on any atom is 0.423 e. The zero-order chi connectivity index (χ0) is 21.0. The summed E-state index contributed by atoms with van der Waals surface area (Å²) in [6.45, 7) is 12.3. The van der Waals surface area contributed by atoms with E-state index in [1.165, 1.54) is 10.8 Å². The van der Waals surface area contributed by atoms with Crippen molar-refractivity contribution in [2.45, 2.75) is 53.0 Å². The van der Waals surface area contributed by atoms with Gasteiger partial charge in [-0.05, 0) is 76.8 Å². The van der Waals surface area contributed by atoms with Crippen LogP contribution in [0.3, 0.4) is 0 Å². The molecule has 0 spiro atoms. The van der Waals surface area contributed by atoms with Gasteiger partial charge in [0.05, 0.1) is 0 Å². The van der Waals surface area contributed by atoms with Gasteiger partial charge in [-0.1, -0.05) is 24.3 Å². The average molecular weight is 429 g/mol. The summed E-state index contributed by atoms with van der Waals surface area (Å²) in [5, 5.41) is 1.23. The van der Waals surface area contributed by atoms with Gasteiger partial charge in [-0.3, -0.25) is 0 Å². The minimum absolute atomic E-state index is 0.694. The molecule has 0 aliphatic heterocycles. The van der Waals surface area contributed by atoms with Crippen molar-refractivity contribution in [1.82, 2.24) is 0 Å². The van der Waals surface area contributed by atoms with E-state index in [4.69, 9.17) is 29.2 Å². The van der Waals surface area contributed by atoms with Crippen LogP contribution in [0.15, 0.2) is 24.3 Å². The van der Waals surface area contributed by atoms with Gasteiger partial charge in [-0.25, -0.2) is 0 Å². The van der Waals surface area contributed by atoms with Crippen LogP contribution in [0.1, 0.15) is 46.1 Å². The number of hydrogen-bond donors (Lipinski definition) is 2. The van der Waals surface area contributed by atoms with Crippen LogP contribution in [0, 0.1) is 0 Å². The third kappa shape index (κ3) is 12.8. The van der Waals surface area contributed by atoms with Crippen molar-refractivity contribution in [2.24, 2.45) is 11.5 Å². The monoisotopic (exact) mass is 428 g/mol. The minimum Gasteiger partial charge on any atom is -0.394 e. The van der Waals surface area contributed by atoms with Crippen LogP contribution in [0.4, 0.5) is 0 Å². The summed E-state index contributed by atoms with van der Waals surface area (Å²) in [6.07, 6.45) is 3.01. The average Bonchev–Trinajstić information content (AvgIpc) is 2.71. The first-order valence-electron chi connectivity index (χ1n) is 10.4. The first kappa shape index (κ1) is 27.4. The number of hydrogen-bond acceptors (Lipinski definition) is 6. The Morgan fingerprint density at radius 1 is 0.750 bits per heavy atom. The number of rotatable bonds is 15. The first-order chi connectivity index (χ1) is 13.7. The van der Waals surface area contributed by atoms with E-state index in [2.05, 4.69) is 18.2 Å². The van der Waals surface area contributed by atoms with Gasteiger partial charge < -0.3 is 29.2 Å². The molecule has 1 aromatic carbocycles. The lowest BCUT2D eigenvalue weighted by molar-refractivity contribution is 0.213. The Balaban J connectivity index is 0.000000576. The smallest absolute Gasteiger partial charge is 0.394 e. The van der Waals surface area contributed by atoms with E-state index in [9.17, 15) is 0 Å². The molecule has 0 saturated carbocycles. The molecule has 0 fully saturated rings. The predicted molar refractivity (Wildman–Crippen MR) is 120 cm³/mol. The predicted octanol–water partition coefficient (Wildman–Crippen LogP) is 2.24. The second kappa shape index (κ2) is 19.7. The van der Waals surface area contributed by atoms with Crippen LogP contribution in [0.25, 0.3) is 0 Å². The summed E-state index contributed by atoms with van der Waals surface area (Å²) in [7, 11) is -2.31. The highest BCUT2D eigenvalue weighted by Crippen LogP contribution is 2.04. The zero-order valence-corrected chi connectivity index (χ0v) is 20.2. The fraction of sp³-hybridized carbons (Fsp3) is 0.700. The second-order valence-electron chi connectivity index (χ2n) is 5.83. The molecule has 0 heterocycles. The van der Waals surface area contributed by atoms with Crippen molar-refractivity contribution in [2.75, 3.05) is 39.5 Å². The van der Waals surface area contributed by atoms with E-state index in [1.54, 1.807) is 0 Å². The van der Waals surface area contributed by atoms with Crippen LogP contribution < -0.4 is 16.7 Å².